The summed E-state index contributed by atoms with van der Waals surface area (Å²) in [6.45, 7) is 1.63. The number of benzene rings is 2. The number of aromatic nitrogens is 4. The van der Waals surface area contributed by atoms with Crippen LogP contribution in [0.2, 0.25) is 0 Å². The number of anilines is 1. The second-order valence-electron chi connectivity index (χ2n) is 7.94. The first-order valence-electron chi connectivity index (χ1n) is 10.6. The van der Waals surface area contributed by atoms with E-state index >= 15 is 0 Å². The molecule has 9 nitrogen and oxygen atoms in total. The quantitative estimate of drug-likeness (QED) is 0.388. The summed E-state index contributed by atoms with van der Waals surface area (Å²) in [4.78, 5) is 29.2. The van der Waals surface area contributed by atoms with E-state index in [2.05, 4.69) is 20.7 Å². The largest absolute Gasteiger partial charge is 0.435 e. The number of hydrogen-bond donors (Lipinski definition) is 3. The van der Waals surface area contributed by atoms with Gasteiger partial charge in [0.25, 0.3) is 5.91 Å². The number of hydrogen-bond acceptors (Lipinski definition) is 5. The molecule has 2 aromatic carbocycles. The van der Waals surface area contributed by atoms with Crippen LogP contribution in [0.4, 0.5) is 19.1 Å². The molecule has 2 amide bonds. The minimum Gasteiger partial charge on any atom is -0.351 e. The van der Waals surface area contributed by atoms with Crippen LogP contribution in [0.25, 0.3) is 16.7 Å². The third-order valence-corrected chi connectivity index (χ3v) is 5.28. The highest BCUT2D eigenvalue weighted by Crippen LogP contribution is 2.30. The predicted molar refractivity (Wildman–Crippen MR) is 123 cm³/mol. The summed E-state index contributed by atoms with van der Waals surface area (Å²) in [5, 5.41) is 8.84. The van der Waals surface area contributed by atoms with Gasteiger partial charge >= 0.3 is 6.18 Å². The molecule has 35 heavy (non-hydrogen) atoms. The minimum atomic E-state index is -4.76. The number of nitrogens with two attached hydrogens (primary N) is 1. The third-order valence-electron chi connectivity index (χ3n) is 5.28. The SMILES string of the molecule is C[C@H](N)C(=O)NCc1cccc(-n2nc(C(F)(F)F)cc2C(=O)Nc2nc3ccccc3n2C)c1. The van der Waals surface area contributed by atoms with Crippen molar-refractivity contribution in [2.24, 2.45) is 12.8 Å². The maximum absolute atomic E-state index is 13.5. The van der Waals surface area contributed by atoms with Crippen molar-refractivity contribution in [3.63, 3.8) is 0 Å². The molecule has 0 unspecified atom stereocenters. The second-order valence-corrected chi connectivity index (χ2v) is 7.94. The van der Waals surface area contributed by atoms with E-state index in [-0.39, 0.29) is 29.8 Å². The first-order chi connectivity index (χ1) is 16.5. The molecule has 182 valence electrons. The lowest BCUT2D eigenvalue weighted by molar-refractivity contribution is -0.141. The Morgan fingerprint density at radius 3 is 2.54 bits per heavy atom. The van der Waals surface area contributed by atoms with Gasteiger partial charge in [-0.3, -0.25) is 14.9 Å². The van der Waals surface area contributed by atoms with E-state index < -0.39 is 23.8 Å². The lowest BCUT2D eigenvalue weighted by Gasteiger charge is -2.11. The molecule has 12 heteroatoms. The van der Waals surface area contributed by atoms with Crippen molar-refractivity contribution in [2.75, 3.05) is 5.32 Å². The fourth-order valence-corrected chi connectivity index (χ4v) is 3.45. The molecule has 2 aromatic heterocycles. The first kappa shape index (κ1) is 24.0. The lowest BCUT2D eigenvalue weighted by Crippen LogP contribution is -2.37. The molecule has 1 atom stereocenters. The summed E-state index contributed by atoms with van der Waals surface area (Å²) in [5.74, 6) is -1.02. The number of rotatable bonds is 6. The molecule has 0 aliphatic rings. The topological polar surface area (TPSA) is 120 Å². The fourth-order valence-electron chi connectivity index (χ4n) is 3.45. The Kier molecular flexibility index (Phi) is 6.31. The van der Waals surface area contributed by atoms with Gasteiger partial charge in [-0.15, -0.1) is 0 Å². The van der Waals surface area contributed by atoms with E-state index in [1.807, 2.05) is 6.07 Å². The van der Waals surface area contributed by atoms with Crippen molar-refractivity contribution in [1.82, 2.24) is 24.6 Å². The molecule has 0 aliphatic heterocycles. The number of aryl methyl sites for hydroxylation is 1. The zero-order valence-corrected chi connectivity index (χ0v) is 18.8. The Morgan fingerprint density at radius 2 is 1.86 bits per heavy atom. The number of halogens is 3. The van der Waals surface area contributed by atoms with Crippen LogP contribution in [-0.4, -0.2) is 37.2 Å². The summed E-state index contributed by atoms with van der Waals surface area (Å²) in [5.41, 5.74) is 6.14. The van der Waals surface area contributed by atoms with Gasteiger partial charge in [0.2, 0.25) is 11.9 Å². The molecule has 0 saturated carbocycles. The Balaban J connectivity index is 1.68. The highest BCUT2D eigenvalue weighted by atomic mass is 19.4. The first-order valence-corrected chi connectivity index (χ1v) is 10.6. The number of nitrogens with zero attached hydrogens (tertiary/aromatic N) is 4. The molecule has 4 aromatic rings. The highest BCUT2D eigenvalue weighted by Gasteiger charge is 2.36. The predicted octanol–water partition coefficient (Wildman–Crippen LogP) is 2.99. The van der Waals surface area contributed by atoms with Gasteiger partial charge in [0, 0.05) is 19.7 Å². The van der Waals surface area contributed by atoms with Gasteiger partial charge in [-0.1, -0.05) is 24.3 Å². The number of carbonyl (C=O) groups excluding carboxylic acids is 2. The molecular weight excluding hydrogens is 463 g/mol. The van der Waals surface area contributed by atoms with Crippen LogP contribution in [0, 0.1) is 0 Å². The van der Waals surface area contributed by atoms with Crippen LogP contribution in [0.1, 0.15) is 28.7 Å². The molecule has 0 spiro atoms. The van der Waals surface area contributed by atoms with Crippen molar-refractivity contribution >= 4 is 28.8 Å². The van der Waals surface area contributed by atoms with E-state index in [4.69, 9.17) is 5.73 Å². The van der Waals surface area contributed by atoms with E-state index in [1.54, 1.807) is 41.9 Å². The van der Waals surface area contributed by atoms with Crippen LogP contribution in [0.5, 0.6) is 0 Å². The van der Waals surface area contributed by atoms with Crippen LogP contribution in [0.3, 0.4) is 0 Å². The van der Waals surface area contributed by atoms with Crippen LogP contribution in [-0.2, 0) is 24.6 Å². The molecule has 0 radical (unpaired) electrons. The van der Waals surface area contributed by atoms with E-state index in [1.165, 1.54) is 19.1 Å². The van der Waals surface area contributed by atoms with Gasteiger partial charge in [0.15, 0.2) is 5.69 Å². The molecule has 0 fully saturated rings. The standard InChI is InChI=1S/C23H22F3N7O2/c1-13(27)20(34)28-12-14-6-5-7-15(10-14)33-18(11-19(31-33)23(24,25)26)21(35)30-22-29-16-8-3-4-9-17(16)32(22)2/h3-11,13H,12,27H2,1-2H3,(H,28,34)(H,29,30,35)/t13-/m0/s1. The highest BCUT2D eigenvalue weighted by molar-refractivity contribution is 6.03. The van der Waals surface area contributed by atoms with Crippen LogP contribution in [0.15, 0.2) is 54.6 Å². The molecule has 4 rings (SSSR count). The van der Waals surface area contributed by atoms with Crippen molar-refractivity contribution in [1.29, 1.82) is 0 Å². The van der Waals surface area contributed by atoms with Gasteiger partial charge in [-0.05, 0) is 36.8 Å². The van der Waals surface area contributed by atoms with Gasteiger partial charge in [0.1, 0.15) is 5.69 Å². The average Bonchev–Trinajstić information content (AvgIpc) is 3.40. The van der Waals surface area contributed by atoms with Crippen LogP contribution >= 0.6 is 0 Å². The molecule has 0 bridgehead atoms. The Bertz CT molecular complexity index is 1410. The number of nitrogens with one attached hydrogen (secondary N) is 2. The summed E-state index contributed by atoms with van der Waals surface area (Å²) in [7, 11) is 1.68. The van der Waals surface area contributed by atoms with E-state index in [0.29, 0.717) is 17.1 Å². The van der Waals surface area contributed by atoms with Gasteiger partial charge in [0.05, 0.1) is 22.8 Å². The van der Waals surface area contributed by atoms with Crippen molar-refractivity contribution in [3.8, 4) is 5.69 Å². The normalized spacial score (nSPS) is 12.5. The summed E-state index contributed by atoms with van der Waals surface area (Å²) in [6, 6.07) is 13.4. The third kappa shape index (κ3) is 5.01. The Morgan fingerprint density at radius 1 is 1.11 bits per heavy atom. The minimum absolute atomic E-state index is 0.100. The number of amides is 2. The van der Waals surface area contributed by atoms with Gasteiger partial charge < -0.3 is 15.6 Å². The Hall–Kier alpha value is -4.19. The van der Waals surface area contributed by atoms with Crippen LogP contribution < -0.4 is 16.4 Å². The zero-order valence-electron chi connectivity index (χ0n) is 18.8. The van der Waals surface area contributed by atoms with Crippen molar-refractivity contribution in [3.05, 3.63) is 71.5 Å². The average molecular weight is 485 g/mol. The molecule has 0 aliphatic carbocycles. The van der Waals surface area contributed by atoms with Crippen molar-refractivity contribution in [2.45, 2.75) is 25.7 Å². The van der Waals surface area contributed by atoms with Gasteiger partial charge in [-0.25, -0.2) is 9.67 Å². The fraction of sp³-hybridized carbons (Fsp3) is 0.217. The van der Waals surface area contributed by atoms with Crippen molar-refractivity contribution < 1.29 is 22.8 Å². The second kappa shape index (κ2) is 9.22. The summed E-state index contributed by atoms with van der Waals surface area (Å²) >= 11 is 0. The van der Waals surface area contributed by atoms with E-state index in [0.717, 1.165) is 10.2 Å². The zero-order chi connectivity index (χ0) is 25.3. The van der Waals surface area contributed by atoms with E-state index in [9.17, 15) is 22.8 Å². The number of carbonyl (C=O) groups is 2. The lowest BCUT2D eigenvalue weighted by atomic mass is 10.2. The smallest absolute Gasteiger partial charge is 0.351 e. The number of imidazole rings is 1. The monoisotopic (exact) mass is 485 g/mol. The summed E-state index contributed by atoms with van der Waals surface area (Å²) < 4.78 is 43.0. The number of fused-ring (bicyclic) bond motifs is 1. The van der Waals surface area contributed by atoms with Gasteiger partial charge in [-0.2, -0.15) is 18.3 Å². The molecule has 0 saturated heterocycles. The summed E-state index contributed by atoms with van der Waals surface area (Å²) in [6.07, 6.45) is -4.76. The molecular formula is C23H22F3N7O2. The maximum atomic E-state index is 13.5. The Labute approximate surface area is 197 Å². The molecule has 4 N–H and O–H groups in total. The molecule has 2 heterocycles. The number of alkyl halides is 3. The maximum Gasteiger partial charge on any atom is 0.435 e. The number of para-hydroxylation sites is 2.